The second kappa shape index (κ2) is 13.5. The molecule has 6 nitrogen and oxygen atoms in total. The summed E-state index contributed by atoms with van der Waals surface area (Å²) in [7, 11) is -2.56. The van der Waals surface area contributed by atoms with E-state index in [9.17, 15) is 19.2 Å². The fourth-order valence-corrected chi connectivity index (χ4v) is 11.9. The summed E-state index contributed by atoms with van der Waals surface area (Å²) >= 11 is 0. The van der Waals surface area contributed by atoms with Crippen LogP contribution in [0.15, 0.2) is 131 Å². The number of rotatable bonds is 9. The van der Waals surface area contributed by atoms with Gasteiger partial charge in [-0.05, 0) is 74.4 Å². The Bertz CT molecular complexity index is 2230. The van der Waals surface area contributed by atoms with Crippen molar-refractivity contribution in [2.45, 2.75) is 45.7 Å². The van der Waals surface area contributed by atoms with Crippen molar-refractivity contribution in [2.75, 3.05) is 0 Å². The lowest BCUT2D eigenvalue weighted by molar-refractivity contribution is -0.134. The van der Waals surface area contributed by atoms with Crippen LogP contribution < -0.4 is 26.1 Å². The fraction of sp³-hybridized carbons (Fsp3) is 0.163. The topological polar surface area (TPSA) is 90.7 Å². The third kappa shape index (κ3) is 5.41. The first-order valence-electron chi connectivity index (χ1n) is 16.9. The third-order valence-electron chi connectivity index (χ3n) is 9.63. The van der Waals surface area contributed by atoms with E-state index in [-0.39, 0.29) is 56.5 Å². The van der Waals surface area contributed by atoms with Crippen molar-refractivity contribution < 1.29 is 23.5 Å². The zero-order valence-corrected chi connectivity index (χ0v) is 29.0. The Morgan fingerprint density at radius 1 is 0.720 bits per heavy atom. The van der Waals surface area contributed by atoms with Gasteiger partial charge in [-0.15, -0.1) is 0 Å². The van der Waals surface area contributed by atoms with Gasteiger partial charge in [0, 0.05) is 23.6 Å². The lowest BCUT2D eigenvalue weighted by Gasteiger charge is -2.32. The number of carbonyl (C=O) groups is 3. The molecule has 0 saturated heterocycles. The second-order valence-corrected chi connectivity index (χ2v) is 16.4. The van der Waals surface area contributed by atoms with E-state index in [0.29, 0.717) is 17.7 Å². The maximum absolute atomic E-state index is 14.6. The first-order chi connectivity index (χ1) is 24.3. The number of benzene rings is 5. The highest BCUT2D eigenvalue weighted by atomic mass is 31.2. The molecule has 0 bridgehead atoms. The van der Waals surface area contributed by atoms with Gasteiger partial charge in [0.25, 0.3) is 0 Å². The van der Waals surface area contributed by atoms with Gasteiger partial charge >= 0.3 is 5.97 Å². The minimum Gasteiger partial charge on any atom is -0.456 e. The van der Waals surface area contributed by atoms with E-state index in [1.807, 2.05) is 61.5 Å². The van der Waals surface area contributed by atoms with Gasteiger partial charge in [0.15, 0.2) is 16.8 Å². The van der Waals surface area contributed by atoms with Crippen LogP contribution in [0.1, 0.15) is 81.9 Å². The molecule has 0 N–H and O–H groups in total. The highest BCUT2D eigenvalue weighted by Gasteiger charge is 2.52. The van der Waals surface area contributed by atoms with Crippen molar-refractivity contribution in [2.24, 2.45) is 0 Å². The highest BCUT2D eigenvalue weighted by Crippen LogP contribution is 2.66. The predicted molar refractivity (Wildman–Crippen MR) is 199 cm³/mol. The van der Waals surface area contributed by atoms with Gasteiger partial charge < -0.3 is 9.15 Å². The Labute approximate surface area is 291 Å². The summed E-state index contributed by atoms with van der Waals surface area (Å²) in [6.45, 7) is 5.79. The van der Waals surface area contributed by atoms with Crippen molar-refractivity contribution in [3.05, 3.63) is 165 Å². The number of hydrogen-bond donors (Lipinski definition) is 0. The molecule has 0 amide bonds. The number of ketones is 2. The van der Waals surface area contributed by atoms with E-state index in [4.69, 9.17) is 9.15 Å². The maximum Gasteiger partial charge on any atom is 0.311 e. The second-order valence-electron chi connectivity index (χ2n) is 12.7. The Hall–Kier alpha value is -5.45. The quantitative estimate of drug-likeness (QED) is 0.0872. The van der Waals surface area contributed by atoms with Crippen molar-refractivity contribution in [1.29, 1.82) is 0 Å². The Balaban J connectivity index is 1.48. The lowest BCUT2D eigenvalue weighted by atomic mass is 9.81. The Morgan fingerprint density at radius 3 is 1.86 bits per heavy atom. The average Bonchev–Trinajstić information content (AvgIpc) is 3.14. The molecular weight excluding hydrogens is 643 g/mol. The van der Waals surface area contributed by atoms with Crippen LogP contribution in [-0.4, -0.2) is 17.5 Å². The van der Waals surface area contributed by atoms with Crippen LogP contribution in [0.5, 0.6) is 5.75 Å². The highest BCUT2D eigenvalue weighted by molar-refractivity contribution is 7.95. The molecule has 0 aliphatic heterocycles. The standard InChI is InChI=1S/C43H36O6P/c1-4-5-24-37(45)48-35-23-15-22-32-39(35)42(47)40-33(41(32)46)25-27(2)38-34(44)26-36(49-43(38)40)28(3)50(29-16-9-6-10-17-29,30-18-11-7-12-19-30)31-20-13-8-14-21-31/h6-23,25-26,28H,4-5,24H2,1-3H3/q+1. The van der Waals surface area contributed by atoms with Gasteiger partial charge in [-0.25, -0.2) is 0 Å². The van der Waals surface area contributed by atoms with Gasteiger partial charge in [-0.3, -0.25) is 19.2 Å². The van der Waals surface area contributed by atoms with Crippen LogP contribution >= 0.6 is 7.26 Å². The number of esters is 1. The molecule has 0 spiro atoms. The van der Waals surface area contributed by atoms with E-state index in [0.717, 1.165) is 22.3 Å². The smallest absolute Gasteiger partial charge is 0.311 e. The molecule has 0 saturated carbocycles. The van der Waals surface area contributed by atoms with E-state index in [1.54, 1.807) is 31.2 Å². The van der Waals surface area contributed by atoms with Crippen LogP contribution in [0.4, 0.5) is 0 Å². The molecule has 50 heavy (non-hydrogen) atoms. The maximum atomic E-state index is 14.6. The normalized spacial score (nSPS) is 13.1. The van der Waals surface area contributed by atoms with Crippen LogP contribution in [0, 0.1) is 6.92 Å². The average molecular weight is 680 g/mol. The number of aryl methyl sites for hydroxylation is 1. The molecule has 5 aromatic carbocycles. The number of ether oxygens (including phenoxy) is 1. The number of fused-ring (bicyclic) bond motifs is 4. The lowest BCUT2D eigenvalue weighted by Crippen LogP contribution is -2.34. The molecule has 7 heteroatoms. The van der Waals surface area contributed by atoms with Crippen LogP contribution in [0.3, 0.4) is 0 Å². The first-order valence-corrected chi connectivity index (χ1v) is 18.7. The molecule has 7 rings (SSSR count). The van der Waals surface area contributed by atoms with Crippen molar-refractivity contribution in [1.82, 2.24) is 0 Å². The van der Waals surface area contributed by atoms with Gasteiger partial charge in [-0.1, -0.05) is 80.1 Å². The molecule has 248 valence electrons. The molecule has 0 fully saturated rings. The van der Waals surface area contributed by atoms with E-state index < -0.39 is 24.8 Å². The molecule has 1 aromatic heterocycles. The fourth-order valence-electron chi connectivity index (χ4n) is 7.26. The van der Waals surface area contributed by atoms with Gasteiger partial charge in [0.1, 0.15) is 40.3 Å². The van der Waals surface area contributed by atoms with Gasteiger partial charge in [0.2, 0.25) is 5.78 Å². The largest absolute Gasteiger partial charge is 0.456 e. The van der Waals surface area contributed by atoms with Gasteiger partial charge in [0.05, 0.1) is 16.5 Å². The van der Waals surface area contributed by atoms with E-state index in [1.165, 1.54) is 6.07 Å². The first kappa shape index (κ1) is 33.1. The molecule has 1 atom stereocenters. The summed E-state index contributed by atoms with van der Waals surface area (Å²) in [4.78, 5) is 55.5. The molecule has 1 unspecified atom stereocenters. The minimum absolute atomic E-state index is 0.000746. The summed E-state index contributed by atoms with van der Waals surface area (Å²) < 4.78 is 12.5. The zero-order valence-electron chi connectivity index (χ0n) is 28.1. The number of hydrogen-bond acceptors (Lipinski definition) is 6. The summed E-state index contributed by atoms with van der Waals surface area (Å²) in [6.07, 6.45) is 1.63. The molecule has 6 aromatic rings. The third-order valence-corrected chi connectivity index (χ3v) is 14.4. The van der Waals surface area contributed by atoms with Crippen LogP contribution in [0.25, 0.3) is 11.0 Å². The van der Waals surface area contributed by atoms with Crippen LogP contribution in [-0.2, 0) is 4.79 Å². The number of carbonyl (C=O) groups excluding carboxylic acids is 3. The van der Waals surface area contributed by atoms with Crippen molar-refractivity contribution >= 4 is 51.7 Å². The van der Waals surface area contributed by atoms with E-state index >= 15 is 0 Å². The SMILES string of the molecule is CCCCC(=O)Oc1cccc2c1C(=O)c1c(cc(C)c3c(=O)cc(C(C)[P+](c4ccccc4)(c4ccccc4)c4ccccc4)oc13)C2=O. The zero-order chi connectivity index (χ0) is 35.0. The molecule has 1 aliphatic carbocycles. The number of unbranched alkanes of at least 4 members (excludes halogenated alkanes) is 1. The minimum atomic E-state index is -2.56. The van der Waals surface area contributed by atoms with E-state index in [2.05, 4.69) is 43.3 Å². The van der Waals surface area contributed by atoms with Crippen molar-refractivity contribution in [3.8, 4) is 5.75 Å². The Morgan fingerprint density at radius 2 is 1.30 bits per heavy atom. The predicted octanol–water partition coefficient (Wildman–Crippen LogP) is 8.03. The van der Waals surface area contributed by atoms with Gasteiger partial charge in [-0.2, -0.15) is 0 Å². The summed E-state index contributed by atoms with van der Waals surface area (Å²) in [5.41, 5.74) is 0.258. The molecule has 1 aliphatic rings. The van der Waals surface area contributed by atoms with Crippen LogP contribution in [0.2, 0.25) is 0 Å². The Kier molecular flexibility index (Phi) is 8.90. The van der Waals surface area contributed by atoms with Crippen molar-refractivity contribution in [3.63, 3.8) is 0 Å². The monoisotopic (exact) mass is 679 g/mol. The summed E-state index contributed by atoms with van der Waals surface area (Å²) in [5, 5.41) is 3.56. The summed E-state index contributed by atoms with van der Waals surface area (Å²) in [5.74, 6) is -0.972. The molecular formula is C43H36O6P+. The summed E-state index contributed by atoms with van der Waals surface area (Å²) in [6, 6.07) is 38.6. The molecule has 1 heterocycles. The molecule has 0 radical (unpaired) electrons.